The minimum absolute atomic E-state index is 0.255. The summed E-state index contributed by atoms with van der Waals surface area (Å²) in [6, 6.07) is 9.32. The molecule has 17 heavy (non-hydrogen) atoms. The van der Waals surface area contributed by atoms with Crippen molar-refractivity contribution >= 4 is 23.2 Å². The van der Waals surface area contributed by atoms with E-state index in [-0.39, 0.29) is 6.04 Å². The van der Waals surface area contributed by atoms with Crippen LogP contribution in [-0.4, -0.2) is 11.0 Å². The van der Waals surface area contributed by atoms with Crippen molar-refractivity contribution in [2.24, 2.45) is 11.7 Å². The van der Waals surface area contributed by atoms with E-state index in [0.717, 1.165) is 5.56 Å². The summed E-state index contributed by atoms with van der Waals surface area (Å²) in [6.07, 6.45) is 0. The number of benzene rings is 1. The van der Waals surface area contributed by atoms with Gasteiger partial charge in [0.05, 0.1) is 6.04 Å². The molecule has 0 saturated carbocycles. The molecule has 1 heterocycles. The van der Waals surface area contributed by atoms with Crippen LogP contribution in [0.1, 0.15) is 11.6 Å². The number of rotatable bonds is 2. The van der Waals surface area contributed by atoms with Crippen LogP contribution in [0.3, 0.4) is 0 Å². The molecule has 4 nitrogen and oxygen atoms in total. The van der Waals surface area contributed by atoms with Crippen molar-refractivity contribution in [2.75, 3.05) is 0 Å². The predicted octanol–water partition coefficient (Wildman–Crippen LogP) is 0.821. The molecule has 1 fully saturated rings. The van der Waals surface area contributed by atoms with E-state index in [1.165, 1.54) is 0 Å². The summed E-state index contributed by atoms with van der Waals surface area (Å²) in [5.41, 5.74) is 6.90. The molecule has 1 aliphatic rings. The van der Waals surface area contributed by atoms with E-state index in [4.69, 9.17) is 18.0 Å². The second-order valence-corrected chi connectivity index (χ2v) is 4.30. The molecule has 5 heteroatoms. The largest absolute Gasteiger partial charge is 0.369 e. The average molecular weight is 247 g/mol. The highest BCUT2D eigenvalue weighted by Gasteiger charge is 2.34. The summed E-state index contributed by atoms with van der Waals surface area (Å²) in [5.74, 6) is -0.935. The van der Waals surface area contributed by atoms with Gasteiger partial charge in [-0.25, -0.2) is 0 Å². The van der Waals surface area contributed by atoms with Crippen LogP contribution >= 0.6 is 12.2 Å². The number of carbonyl (C=O) groups is 1. The lowest BCUT2D eigenvalue weighted by atomic mass is 9.89. The minimum Gasteiger partial charge on any atom is -0.369 e. The van der Waals surface area contributed by atoms with Gasteiger partial charge >= 0.3 is 0 Å². The van der Waals surface area contributed by atoms with E-state index in [1.807, 2.05) is 30.3 Å². The molecule has 0 spiro atoms. The van der Waals surface area contributed by atoms with Gasteiger partial charge in [-0.1, -0.05) is 36.9 Å². The first-order chi connectivity index (χ1) is 8.09. The first kappa shape index (κ1) is 11.6. The Bertz CT molecular complexity index is 472. The summed E-state index contributed by atoms with van der Waals surface area (Å²) >= 11 is 5.06. The molecule has 2 atom stereocenters. The molecule has 0 aliphatic carbocycles. The Hall–Kier alpha value is -1.88. The molecule has 0 bridgehead atoms. The van der Waals surface area contributed by atoms with Gasteiger partial charge in [0.2, 0.25) is 5.91 Å². The highest BCUT2D eigenvalue weighted by Crippen LogP contribution is 2.28. The van der Waals surface area contributed by atoms with Gasteiger partial charge in [-0.2, -0.15) is 0 Å². The number of thiocarbonyl (C=S) groups is 1. The van der Waals surface area contributed by atoms with Gasteiger partial charge in [-0.3, -0.25) is 4.79 Å². The molecular formula is C12H13N3OS. The van der Waals surface area contributed by atoms with Gasteiger partial charge in [-0.15, -0.1) is 0 Å². The quantitative estimate of drug-likeness (QED) is 0.677. The first-order valence-corrected chi connectivity index (χ1v) is 5.61. The lowest BCUT2D eigenvalue weighted by Crippen LogP contribution is -2.52. The van der Waals surface area contributed by atoms with Crippen molar-refractivity contribution in [3.63, 3.8) is 0 Å². The molecule has 1 saturated heterocycles. The third kappa shape index (κ3) is 2.29. The zero-order chi connectivity index (χ0) is 12.4. The Morgan fingerprint density at radius 1 is 1.35 bits per heavy atom. The van der Waals surface area contributed by atoms with Crippen molar-refractivity contribution in [1.82, 2.24) is 10.6 Å². The zero-order valence-corrected chi connectivity index (χ0v) is 9.96. The van der Waals surface area contributed by atoms with E-state index in [1.54, 1.807) is 0 Å². The summed E-state index contributed by atoms with van der Waals surface area (Å²) in [5, 5.41) is 6.35. The maximum Gasteiger partial charge on any atom is 0.228 e. The number of nitrogens with two attached hydrogens (primary N) is 1. The molecule has 0 radical (unpaired) electrons. The van der Waals surface area contributed by atoms with Crippen LogP contribution in [0, 0.1) is 5.92 Å². The number of hydrogen-bond donors (Lipinski definition) is 3. The molecule has 2 rings (SSSR count). The summed E-state index contributed by atoms with van der Waals surface area (Å²) < 4.78 is 0. The van der Waals surface area contributed by atoms with Gasteiger partial charge in [0.1, 0.15) is 5.92 Å². The lowest BCUT2D eigenvalue weighted by Gasteiger charge is -2.34. The second kappa shape index (κ2) is 4.55. The fourth-order valence-corrected chi connectivity index (χ4v) is 2.22. The zero-order valence-electron chi connectivity index (χ0n) is 9.14. The molecule has 1 aliphatic heterocycles. The van der Waals surface area contributed by atoms with Gasteiger partial charge < -0.3 is 16.4 Å². The number of nitrogens with one attached hydrogen (secondary N) is 2. The predicted molar refractivity (Wildman–Crippen MR) is 69.9 cm³/mol. The van der Waals surface area contributed by atoms with Crippen LogP contribution in [0.2, 0.25) is 0 Å². The number of hydrogen-bond acceptors (Lipinski definition) is 2. The first-order valence-electron chi connectivity index (χ1n) is 5.20. The number of amides is 1. The SMILES string of the molecule is C=C1NC(=S)NC(c2ccccc2)C1C(N)=O. The fourth-order valence-electron chi connectivity index (χ4n) is 1.96. The molecular weight excluding hydrogens is 234 g/mol. The monoisotopic (exact) mass is 247 g/mol. The number of carbonyl (C=O) groups excluding carboxylic acids is 1. The summed E-state index contributed by atoms with van der Waals surface area (Å²) in [4.78, 5) is 11.5. The molecule has 4 N–H and O–H groups in total. The van der Waals surface area contributed by atoms with Crippen LogP contribution in [-0.2, 0) is 4.79 Å². The summed E-state index contributed by atoms with van der Waals surface area (Å²) in [6.45, 7) is 3.80. The number of primary amides is 1. The van der Waals surface area contributed by atoms with Crippen molar-refractivity contribution < 1.29 is 4.79 Å². The van der Waals surface area contributed by atoms with E-state index in [0.29, 0.717) is 10.8 Å². The van der Waals surface area contributed by atoms with Crippen LogP contribution in [0.25, 0.3) is 0 Å². The molecule has 0 aromatic heterocycles. The van der Waals surface area contributed by atoms with Crippen LogP contribution in [0.15, 0.2) is 42.6 Å². The Morgan fingerprint density at radius 3 is 2.59 bits per heavy atom. The Morgan fingerprint density at radius 2 is 2.00 bits per heavy atom. The topological polar surface area (TPSA) is 67.2 Å². The Labute approximate surface area is 105 Å². The maximum atomic E-state index is 11.5. The van der Waals surface area contributed by atoms with Gasteiger partial charge in [-0.05, 0) is 17.8 Å². The molecule has 1 aromatic carbocycles. The third-order valence-electron chi connectivity index (χ3n) is 2.73. The average Bonchev–Trinajstić information content (AvgIpc) is 2.28. The van der Waals surface area contributed by atoms with E-state index in [2.05, 4.69) is 17.2 Å². The van der Waals surface area contributed by atoms with Crippen molar-refractivity contribution in [2.45, 2.75) is 6.04 Å². The Kier molecular flexibility index (Phi) is 3.10. The van der Waals surface area contributed by atoms with Gasteiger partial charge in [0.15, 0.2) is 5.11 Å². The third-order valence-corrected chi connectivity index (χ3v) is 2.95. The summed E-state index contributed by atoms with van der Waals surface area (Å²) in [7, 11) is 0. The van der Waals surface area contributed by atoms with Crippen LogP contribution in [0.4, 0.5) is 0 Å². The van der Waals surface area contributed by atoms with E-state index < -0.39 is 11.8 Å². The second-order valence-electron chi connectivity index (χ2n) is 3.89. The molecule has 1 amide bonds. The normalized spacial score (nSPS) is 23.8. The molecule has 2 unspecified atom stereocenters. The fraction of sp³-hybridized carbons (Fsp3) is 0.167. The smallest absolute Gasteiger partial charge is 0.228 e. The van der Waals surface area contributed by atoms with Gasteiger partial charge in [0, 0.05) is 5.70 Å². The van der Waals surface area contributed by atoms with Gasteiger partial charge in [0.25, 0.3) is 0 Å². The van der Waals surface area contributed by atoms with E-state index in [9.17, 15) is 4.79 Å². The standard InChI is InChI=1S/C12H13N3OS/c1-7-9(11(13)16)10(15-12(17)14-7)8-5-3-2-4-6-8/h2-6,9-10H,1H2,(H2,13,16)(H2,14,15,17). The Balaban J connectivity index is 2.37. The van der Waals surface area contributed by atoms with Crippen LogP contribution < -0.4 is 16.4 Å². The van der Waals surface area contributed by atoms with Crippen molar-refractivity contribution in [1.29, 1.82) is 0 Å². The van der Waals surface area contributed by atoms with Crippen LogP contribution in [0.5, 0.6) is 0 Å². The highest BCUT2D eigenvalue weighted by atomic mass is 32.1. The highest BCUT2D eigenvalue weighted by molar-refractivity contribution is 7.80. The van der Waals surface area contributed by atoms with Crippen molar-refractivity contribution in [3.05, 3.63) is 48.2 Å². The molecule has 88 valence electrons. The molecule has 1 aromatic rings. The minimum atomic E-state index is -0.510. The van der Waals surface area contributed by atoms with E-state index >= 15 is 0 Å². The maximum absolute atomic E-state index is 11.5. The lowest BCUT2D eigenvalue weighted by molar-refractivity contribution is -0.121. The van der Waals surface area contributed by atoms with Crippen molar-refractivity contribution in [3.8, 4) is 0 Å².